The van der Waals surface area contributed by atoms with Gasteiger partial charge in [0.05, 0.1) is 18.8 Å². The fraction of sp³-hybridized carbons (Fsp3) is 0.667. The van der Waals surface area contributed by atoms with Crippen LogP contribution in [0.4, 0.5) is 0 Å². The summed E-state index contributed by atoms with van der Waals surface area (Å²) in [7, 11) is 0. The molecule has 1 aromatic heterocycles. The maximum absolute atomic E-state index is 12.4. The predicted molar refractivity (Wildman–Crippen MR) is 92.7 cm³/mol. The van der Waals surface area contributed by atoms with E-state index in [1.165, 1.54) is 25.7 Å². The lowest BCUT2D eigenvalue weighted by molar-refractivity contribution is 0.0238. The highest BCUT2D eigenvalue weighted by Gasteiger charge is 2.20. The van der Waals surface area contributed by atoms with E-state index in [4.69, 9.17) is 21.1 Å². The third-order valence-electron chi connectivity index (χ3n) is 4.71. The highest BCUT2D eigenvalue weighted by molar-refractivity contribution is 6.32. The molecule has 5 nitrogen and oxygen atoms in total. The Morgan fingerprint density at radius 3 is 2.54 bits per heavy atom. The fourth-order valence-electron chi connectivity index (χ4n) is 3.28. The first-order chi connectivity index (χ1) is 11.7. The molecule has 132 valence electrons. The van der Waals surface area contributed by atoms with E-state index in [2.05, 4.69) is 10.3 Å². The van der Waals surface area contributed by atoms with Gasteiger partial charge in [0.25, 0.3) is 5.91 Å². The molecule has 0 aromatic carbocycles. The molecule has 2 heterocycles. The lowest BCUT2D eigenvalue weighted by atomic mass is 10.1. The smallest absolute Gasteiger partial charge is 0.253 e. The van der Waals surface area contributed by atoms with Gasteiger partial charge in [-0.1, -0.05) is 37.3 Å². The minimum Gasteiger partial charge on any atom is -0.473 e. The first kappa shape index (κ1) is 17.5. The first-order valence-corrected chi connectivity index (χ1v) is 9.31. The van der Waals surface area contributed by atoms with Gasteiger partial charge in [0.1, 0.15) is 11.1 Å². The Kier molecular flexibility index (Phi) is 6.32. The molecular weight excluding hydrogens is 328 g/mol. The van der Waals surface area contributed by atoms with Gasteiger partial charge >= 0.3 is 0 Å². The quantitative estimate of drug-likeness (QED) is 0.838. The van der Waals surface area contributed by atoms with Crippen molar-refractivity contribution in [1.29, 1.82) is 0 Å². The summed E-state index contributed by atoms with van der Waals surface area (Å²) < 4.78 is 11.1. The monoisotopic (exact) mass is 352 g/mol. The maximum atomic E-state index is 12.4. The van der Waals surface area contributed by atoms with Crippen LogP contribution in [-0.2, 0) is 4.74 Å². The van der Waals surface area contributed by atoms with E-state index >= 15 is 0 Å². The van der Waals surface area contributed by atoms with Gasteiger partial charge in [-0.3, -0.25) is 4.79 Å². The number of rotatable bonds is 4. The molecule has 0 radical (unpaired) electrons. The number of ether oxygens (including phenoxy) is 2. The minimum absolute atomic E-state index is 0.0782. The van der Waals surface area contributed by atoms with E-state index in [0.29, 0.717) is 29.7 Å². The number of nitrogens with zero attached hydrogens (tertiary/aromatic N) is 1. The van der Waals surface area contributed by atoms with Crippen LogP contribution in [0.2, 0.25) is 5.02 Å². The number of hydrogen-bond acceptors (Lipinski definition) is 4. The Morgan fingerprint density at radius 2 is 1.88 bits per heavy atom. The molecule has 2 fully saturated rings. The second-order valence-electron chi connectivity index (χ2n) is 6.60. The van der Waals surface area contributed by atoms with Crippen molar-refractivity contribution in [1.82, 2.24) is 10.3 Å². The summed E-state index contributed by atoms with van der Waals surface area (Å²) in [6, 6.07) is 1.91. The summed E-state index contributed by atoms with van der Waals surface area (Å²) in [5, 5.41) is 3.49. The molecule has 0 atom stereocenters. The second kappa shape index (κ2) is 8.67. The zero-order chi connectivity index (χ0) is 16.8. The van der Waals surface area contributed by atoms with E-state index in [-0.39, 0.29) is 18.1 Å². The van der Waals surface area contributed by atoms with Crippen molar-refractivity contribution in [2.75, 3.05) is 13.2 Å². The highest BCUT2D eigenvalue weighted by atomic mass is 35.5. The van der Waals surface area contributed by atoms with Crippen molar-refractivity contribution in [3.63, 3.8) is 0 Å². The lowest BCUT2D eigenvalue weighted by Gasteiger charge is -2.23. The topological polar surface area (TPSA) is 60.5 Å². The average Bonchev–Trinajstić information content (AvgIpc) is 2.86. The molecular formula is C18H25ClN2O3. The lowest BCUT2D eigenvalue weighted by Crippen LogP contribution is -2.34. The first-order valence-electron chi connectivity index (χ1n) is 8.93. The van der Waals surface area contributed by atoms with Crippen LogP contribution in [0.3, 0.4) is 0 Å². The summed E-state index contributed by atoms with van der Waals surface area (Å²) in [6.45, 7) is 1.40. The third-order valence-corrected chi connectivity index (χ3v) is 4.98. The number of amides is 1. The Labute approximate surface area is 148 Å². The van der Waals surface area contributed by atoms with Crippen molar-refractivity contribution < 1.29 is 14.3 Å². The fourth-order valence-corrected chi connectivity index (χ4v) is 3.49. The van der Waals surface area contributed by atoms with Crippen molar-refractivity contribution in [3.05, 3.63) is 22.8 Å². The molecule has 1 aromatic rings. The number of carbonyl (C=O) groups is 1. The molecule has 1 saturated heterocycles. The van der Waals surface area contributed by atoms with Crippen LogP contribution in [0, 0.1) is 0 Å². The summed E-state index contributed by atoms with van der Waals surface area (Å²) in [5.41, 5.74) is 0.489. The molecule has 24 heavy (non-hydrogen) atoms. The van der Waals surface area contributed by atoms with Crippen LogP contribution in [-0.4, -0.2) is 36.3 Å². The number of halogens is 1. The van der Waals surface area contributed by atoms with Gasteiger partial charge in [-0.2, -0.15) is 0 Å². The molecule has 0 unspecified atom stereocenters. The Hall–Kier alpha value is -1.33. The average molecular weight is 353 g/mol. The molecule has 3 rings (SSSR count). The van der Waals surface area contributed by atoms with Gasteiger partial charge in [0, 0.05) is 25.1 Å². The number of aromatic nitrogens is 1. The van der Waals surface area contributed by atoms with Crippen LogP contribution in [0.15, 0.2) is 12.3 Å². The number of nitrogens with one attached hydrogen (secondary N) is 1. The Morgan fingerprint density at radius 1 is 1.17 bits per heavy atom. The van der Waals surface area contributed by atoms with Gasteiger partial charge in [0.15, 0.2) is 0 Å². The molecule has 1 aliphatic carbocycles. The van der Waals surface area contributed by atoms with E-state index in [0.717, 1.165) is 25.7 Å². The number of hydrogen-bond donors (Lipinski definition) is 1. The van der Waals surface area contributed by atoms with Crippen LogP contribution in [0.5, 0.6) is 5.88 Å². The largest absolute Gasteiger partial charge is 0.473 e. The van der Waals surface area contributed by atoms with Gasteiger partial charge in [0.2, 0.25) is 5.88 Å². The molecule has 1 aliphatic heterocycles. The summed E-state index contributed by atoms with van der Waals surface area (Å²) in [5.74, 6) is 0.295. The van der Waals surface area contributed by atoms with E-state index in [1.807, 2.05) is 0 Å². The Balaban J connectivity index is 1.59. The SMILES string of the molecule is O=C(NC1CCCCCC1)c1cnc(OC2CCOCC2)c(Cl)c1. The van der Waals surface area contributed by atoms with Crippen LogP contribution in [0.25, 0.3) is 0 Å². The molecule has 2 aliphatic rings. The maximum Gasteiger partial charge on any atom is 0.253 e. The predicted octanol–water partition coefficient (Wildman–Crippen LogP) is 3.75. The van der Waals surface area contributed by atoms with Crippen molar-refractivity contribution >= 4 is 17.5 Å². The summed E-state index contributed by atoms with van der Waals surface area (Å²) in [4.78, 5) is 16.7. The van der Waals surface area contributed by atoms with E-state index in [9.17, 15) is 4.79 Å². The van der Waals surface area contributed by atoms with Gasteiger partial charge in [-0.05, 0) is 18.9 Å². The third kappa shape index (κ3) is 4.84. The van der Waals surface area contributed by atoms with Crippen LogP contribution >= 0.6 is 11.6 Å². The molecule has 0 bridgehead atoms. The molecule has 1 N–H and O–H groups in total. The van der Waals surface area contributed by atoms with Crippen LogP contribution < -0.4 is 10.1 Å². The standard InChI is InChI=1S/C18H25ClN2O3/c19-16-11-13(17(22)21-14-5-3-1-2-4-6-14)12-20-18(16)24-15-7-9-23-10-8-15/h11-12,14-15H,1-10H2,(H,21,22). The van der Waals surface area contributed by atoms with Crippen LogP contribution in [0.1, 0.15) is 61.7 Å². The summed E-state index contributed by atoms with van der Waals surface area (Å²) in [6.07, 6.45) is 10.3. The minimum atomic E-state index is -0.103. The number of pyridine rings is 1. The zero-order valence-electron chi connectivity index (χ0n) is 13.9. The normalized spacial score (nSPS) is 20.4. The zero-order valence-corrected chi connectivity index (χ0v) is 14.7. The van der Waals surface area contributed by atoms with Crippen molar-refractivity contribution in [2.45, 2.75) is 63.5 Å². The van der Waals surface area contributed by atoms with Crippen molar-refractivity contribution in [2.24, 2.45) is 0 Å². The molecule has 1 saturated carbocycles. The summed E-state index contributed by atoms with van der Waals surface area (Å²) >= 11 is 6.26. The molecule has 6 heteroatoms. The van der Waals surface area contributed by atoms with Gasteiger partial charge in [-0.15, -0.1) is 0 Å². The van der Waals surface area contributed by atoms with Crippen molar-refractivity contribution in [3.8, 4) is 5.88 Å². The van der Waals surface area contributed by atoms with E-state index in [1.54, 1.807) is 12.3 Å². The second-order valence-corrected chi connectivity index (χ2v) is 7.01. The molecule has 0 spiro atoms. The Bertz CT molecular complexity index is 553. The molecule has 1 amide bonds. The van der Waals surface area contributed by atoms with E-state index < -0.39 is 0 Å². The van der Waals surface area contributed by atoms with Gasteiger partial charge in [-0.25, -0.2) is 4.98 Å². The number of carbonyl (C=O) groups excluding carboxylic acids is 1. The highest BCUT2D eigenvalue weighted by Crippen LogP contribution is 2.26. The van der Waals surface area contributed by atoms with Gasteiger partial charge < -0.3 is 14.8 Å².